The monoisotopic (exact) mass is 236 g/mol. The Labute approximate surface area is 107 Å². The molecule has 1 heteroatoms. The van der Waals surface area contributed by atoms with Crippen LogP contribution in [-0.4, -0.2) is 5.78 Å². The summed E-state index contributed by atoms with van der Waals surface area (Å²) in [4.78, 5) is 10.9. The number of rotatable bonds is 7. The molecule has 17 heavy (non-hydrogen) atoms. The van der Waals surface area contributed by atoms with Crippen LogP contribution in [0.3, 0.4) is 0 Å². The third kappa shape index (κ3) is 4.65. The van der Waals surface area contributed by atoms with Crippen molar-refractivity contribution in [3.63, 3.8) is 0 Å². The average Bonchev–Trinajstić information content (AvgIpc) is 2.65. The van der Waals surface area contributed by atoms with Crippen LogP contribution in [0.4, 0.5) is 0 Å². The van der Waals surface area contributed by atoms with E-state index in [2.05, 4.69) is 20.4 Å². The van der Waals surface area contributed by atoms with Gasteiger partial charge in [0.2, 0.25) is 0 Å². The summed E-state index contributed by atoms with van der Waals surface area (Å²) in [6.45, 7) is 10.5. The highest BCUT2D eigenvalue weighted by Gasteiger charge is 2.31. The van der Waals surface area contributed by atoms with E-state index in [4.69, 9.17) is 0 Å². The molecular weight excluding hydrogens is 208 g/mol. The molecule has 1 aliphatic carbocycles. The molecule has 1 saturated carbocycles. The highest BCUT2D eigenvalue weighted by Crippen LogP contribution is 2.42. The lowest BCUT2D eigenvalue weighted by Gasteiger charge is -2.24. The highest BCUT2D eigenvalue weighted by atomic mass is 16.1. The van der Waals surface area contributed by atoms with Crippen LogP contribution >= 0.6 is 0 Å². The van der Waals surface area contributed by atoms with Crippen molar-refractivity contribution in [3.05, 3.63) is 12.2 Å². The summed E-state index contributed by atoms with van der Waals surface area (Å²) in [5.41, 5.74) is 1.46. The molecule has 0 aromatic heterocycles. The number of hydrogen-bond donors (Lipinski definition) is 0. The standard InChI is InChI=1S/C16H28O/c1-5-15-10-12(2)11-16(15)13(3)8-6-7-9-14(4)17/h13,15-16H,2,5-11H2,1,3-4H3. The minimum absolute atomic E-state index is 0.332. The number of carbonyl (C=O) groups excluding carboxylic acids is 1. The van der Waals surface area contributed by atoms with Gasteiger partial charge in [-0.25, -0.2) is 0 Å². The van der Waals surface area contributed by atoms with Crippen LogP contribution in [0.25, 0.3) is 0 Å². The number of carbonyl (C=O) groups is 1. The molecule has 3 atom stereocenters. The number of unbranched alkanes of at least 4 members (excludes halogenated alkanes) is 1. The van der Waals surface area contributed by atoms with E-state index in [1.54, 1.807) is 6.92 Å². The Morgan fingerprint density at radius 2 is 2.12 bits per heavy atom. The van der Waals surface area contributed by atoms with Crippen molar-refractivity contribution in [1.82, 2.24) is 0 Å². The second-order valence-electron chi connectivity index (χ2n) is 5.92. The maximum atomic E-state index is 10.9. The van der Waals surface area contributed by atoms with Crippen molar-refractivity contribution in [3.8, 4) is 0 Å². The van der Waals surface area contributed by atoms with Crippen LogP contribution in [0.5, 0.6) is 0 Å². The molecular formula is C16H28O. The lowest BCUT2D eigenvalue weighted by atomic mass is 9.81. The molecule has 1 fully saturated rings. The van der Waals surface area contributed by atoms with Gasteiger partial charge in [0.05, 0.1) is 0 Å². The summed E-state index contributed by atoms with van der Waals surface area (Å²) in [7, 11) is 0. The summed E-state index contributed by atoms with van der Waals surface area (Å²) in [6, 6.07) is 0. The number of Topliss-reactive ketones (excluding diaryl/α,β-unsaturated/α-hetero) is 1. The Balaban J connectivity index is 2.29. The van der Waals surface area contributed by atoms with Crippen LogP contribution in [0.2, 0.25) is 0 Å². The predicted octanol–water partition coefficient (Wildman–Crippen LogP) is 4.76. The first-order valence-corrected chi connectivity index (χ1v) is 7.20. The molecule has 0 aromatic rings. The summed E-state index contributed by atoms with van der Waals surface area (Å²) in [6.07, 6.45) is 8.11. The molecule has 3 unspecified atom stereocenters. The summed E-state index contributed by atoms with van der Waals surface area (Å²) < 4.78 is 0. The third-order valence-corrected chi connectivity index (χ3v) is 4.37. The fourth-order valence-electron chi connectivity index (χ4n) is 3.27. The molecule has 0 bridgehead atoms. The molecule has 0 radical (unpaired) electrons. The second-order valence-corrected chi connectivity index (χ2v) is 5.92. The average molecular weight is 236 g/mol. The summed E-state index contributed by atoms with van der Waals surface area (Å²) in [5, 5.41) is 0. The van der Waals surface area contributed by atoms with Gasteiger partial charge in [0.1, 0.15) is 5.78 Å². The molecule has 0 amide bonds. The smallest absolute Gasteiger partial charge is 0.129 e. The van der Waals surface area contributed by atoms with Gasteiger partial charge in [0.25, 0.3) is 0 Å². The van der Waals surface area contributed by atoms with E-state index in [9.17, 15) is 4.79 Å². The Morgan fingerprint density at radius 1 is 1.41 bits per heavy atom. The number of allylic oxidation sites excluding steroid dienone is 1. The van der Waals surface area contributed by atoms with E-state index < -0.39 is 0 Å². The molecule has 0 N–H and O–H groups in total. The minimum Gasteiger partial charge on any atom is -0.300 e. The largest absolute Gasteiger partial charge is 0.300 e. The first-order chi connectivity index (χ1) is 8.04. The van der Waals surface area contributed by atoms with Gasteiger partial charge in [-0.15, -0.1) is 0 Å². The number of hydrogen-bond acceptors (Lipinski definition) is 1. The molecule has 98 valence electrons. The lowest BCUT2D eigenvalue weighted by molar-refractivity contribution is -0.117. The van der Waals surface area contributed by atoms with E-state index in [1.165, 1.54) is 37.7 Å². The summed E-state index contributed by atoms with van der Waals surface area (Å²) in [5.74, 6) is 2.85. The van der Waals surface area contributed by atoms with Crippen LogP contribution in [-0.2, 0) is 4.79 Å². The molecule has 0 aliphatic heterocycles. The lowest BCUT2D eigenvalue weighted by Crippen LogP contribution is -2.16. The highest BCUT2D eigenvalue weighted by molar-refractivity contribution is 5.75. The molecule has 1 nitrogen and oxygen atoms in total. The van der Waals surface area contributed by atoms with Crippen molar-refractivity contribution in [2.75, 3.05) is 0 Å². The van der Waals surface area contributed by atoms with Crippen LogP contribution in [0.15, 0.2) is 12.2 Å². The second kappa shape index (κ2) is 6.98. The number of ketones is 1. The fourth-order valence-corrected chi connectivity index (χ4v) is 3.27. The van der Waals surface area contributed by atoms with Crippen molar-refractivity contribution < 1.29 is 4.79 Å². The Hall–Kier alpha value is -0.590. The van der Waals surface area contributed by atoms with Crippen LogP contribution in [0, 0.1) is 17.8 Å². The SMILES string of the molecule is C=C1CC(CC)C(C(C)CCCCC(C)=O)C1. The van der Waals surface area contributed by atoms with Crippen LogP contribution < -0.4 is 0 Å². The molecule has 0 heterocycles. The van der Waals surface area contributed by atoms with Crippen LogP contribution in [0.1, 0.15) is 65.7 Å². The minimum atomic E-state index is 0.332. The maximum absolute atomic E-state index is 10.9. The van der Waals surface area contributed by atoms with E-state index in [-0.39, 0.29) is 0 Å². The molecule has 0 saturated heterocycles. The van der Waals surface area contributed by atoms with Gasteiger partial charge in [-0.1, -0.05) is 45.3 Å². The third-order valence-electron chi connectivity index (χ3n) is 4.37. The van der Waals surface area contributed by atoms with Gasteiger partial charge in [-0.2, -0.15) is 0 Å². The Bertz CT molecular complexity index is 267. The normalized spacial score (nSPS) is 26.2. The molecule has 1 aliphatic rings. The first-order valence-electron chi connectivity index (χ1n) is 7.20. The first kappa shape index (κ1) is 14.5. The van der Waals surface area contributed by atoms with Crippen molar-refractivity contribution in [2.24, 2.45) is 17.8 Å². The predicted molar refractivity (Wildman–Crippen MR) is 74.0 cm³/mol. The van der Waals surface area contributed by atoms with Crippen molar-refractivity contribution in [1.29, 1.82) is 0 Å². The van der Waals surface area contributed by atoms with E-state index in [1.807, 2.05) is 0 Å². The van der Waals surface area contributed by atoms with Gasteiger partial charge in [0, 0.05) is 6.42 Å². The van der Waals surface area contributed by atoms with E-state index in [0.717, 1.165) is 30.6 Å². The summed E-state index contributed by atoms with van der Waals surface area (Å²) >= 11 is 0. The van der Waals surface area contributed by atoms with Gasteiger partial charge >= 0.3 is 0 Å². The van der Waals surface area contributed by atoms with Gasteiger partial charge in [-0.3, -0.25) is 0 Å². The quantitative estimate of drug-likeness (QED) is 0.460. The van der Waals surface area contributed by atoms with Gasteiger partial charge in [0.15, 0.2) is 0 Å². The molecule has 0 spiro atoms. The fraction of sp³-hybridized carbons (Fsp3) is 0.812. The molecule has 1 rings (SSSR count). The van der Waals surface area contributed by atoms with Crippen molar-refractivity contribution >= 4 is 5.78 Å². The van der Waals surface area contributed by atoms with Gasteiger partial charge < -0.3 is 4.79 Å². The zero-order valence-corrected chi connectivity index (χ0v) is 11.8. The van der Waals surface area contributed by atoms with Gasteiger partial charge in [-0.05, 0) is 43.9 Å². The van der Waals surface area contributed by atoms with E-state index >= 15 is 0 Å². The zero-order valence-electron chi connectivity index (χ0n) is 11.8. The van der Waals surface area contributed by atoms with Crippen molar-refractivity contribution in [2.45, 2.75) is 65.7 Å². The van der Waals surface area contributed by atoms with E-state index in [0.29, 0.717) is 5.78 Å². The molecule has 0 aromatic carbocycles. The zero-order chi connectivity index (χ0) is 12.8. The Kier molecular flexibility index (Phi) is 5.94. The topological polar surface area (TPSA) is 17.1 Å². The maximum Gasteiger partial charge on any atom is 0.129 e. The Morgan fingerprint density at radius 3 is 2.71 bits per heavy atom.